The molecule has 0 unspecified atom stereocenters. The van der Waals surface area contributed by atoms with Crippen molar-refractivity contribution in [1.29, 1.82) is 0 Å². The lowest BCUT2D eigenvalue weighted by Crippen LogP contribution is -2.47. The van der Waals surface area contributed by atoms with E-state index in [2.05, 4.69) is 28.4 Å². The number of carbonyl (C=O) groups is 1. The molecule has 2 heterocycles. The molecule has 138 valence electrons. The first-order chi connectivity index (χ1) is 11.8. The lowest BCUT2D eigenvalue weighted by Gasteiger charge is -2.39. The summed E-state index contributed by atoms with van der Waals surface area (Å²) in [4.78, 5) is 16.5. The molecule has 5 nitrogen and oxygen atoms in total. The van der Waals surface area contributed by atoms with Crippen LogP contribution in [0.2, 0.25) is 0 Å². The van der Waals surface area contributed by atoms with Crippen LogP contribution in [0, 0.1) is 0 Å². The zero-order valence-electron chi connectivity index (χ0n) is 16.0. The fourth-order valence-electron chi connectivity index (χ4n) is 3.76. The molecule has 1 N–H and O–H groups in total. The zero-order chi connectivity index (χ0) is 18.0. The van der Waals surface area contributed by atoms with E-state index < -0.39 is 5.60 Å². The van der Waals surface area contributed by atoms with Gasteiger partial charge in [-0.15, -0.1) is 0 Å². The fourth-order valence-corrected chi connectivity index (χ4v) is 3.76. The van der Waals surface area contributed by atoms with Crippen LogP contribution in [0.4, 0.5) is 16.2 Å². The number of anilines is 2. The summed E-state index contributed by atoms with van der Waals surface area (Å²) in [5.74, 6) is 0. The van der Waals surface area contributed by atoms with Crippen molar-refractivity contribution >= 4 is 17.5 Å². The van der Waals surface area contributed by atoms with Gasteiger partial charge in [-0.2, -0.15) is 0 Å². The molecule has 1 aromatic rings. The van der Waals surface area contributed by atoms with Crippen LogP contribution >= 0.6 is 0 Å². The van der Waals surface area contributed by atoms with Gasteiger partial charge in [-0.05, 0) is 64.2 Å². The van der Waals surface area contributed by atoms with Crippen molar-refractivity contribution in [3.63, 3.8) is 0 Å². The maximum atomic E-state index is 12.3. The molecule has 0 aromatic heterocycles. The van der Waals surface area contributed by atoms with Gasteiger partial charge in [0, 0.05) is 44.1 Å². The van der Waals surface area contributed by atoms with Gasteiger partial charge in [-0.1, -0.05) is 6.07 Å². The summed E-state index contributed by atoms with van der Waals surface area (Å²) in [5, 5.41) is 3.51. The second-order valence-corrected chi connectivity index (χ2v) is 8.14. The maximum absolute atomic E-state index is 12.3. The van der Waals surface area contributed by atoms with Crippen molar-refractivity contribution < 1.29 is 9.53 Å². The van der Waals surface area contributed by atoms with Gasteiger partial charge in [0.1, 0.15) is 5.60 Å². The number of hydrogen-bond donors (Lipinski definition) is 1. The van der Waals surface area contributed by atoms with E-state index in [0.29, 0.717) is 0 Å². The average Bonchev–Trinajstić information content (AvgIpc) is 2.59. The van der Waals surface area contributed by atoms with Crippen LogP contribution in [0.25, 0.3) is 0 Å². The number of benzene rings is 1. The summed E-state index contributed by atoms with van der Waals surface area (Å²) in [7, 11) is 1.86. The Balaban J connectivity index is 1.62. The van der Waals surface area contributed by atoms with Crippen molar-refractivity contribution in [1.82, 2.24) is 4.90 Å². The molecule has 1 fully saturated rings. The minimum absolute atomic E-state index is 0.216. The van der Waals surface area contributed by atoms with E-state index in [0.717, 1.165) is 38.9 Å². The zero-order valence-corrected chi connectivity index (χ0v) is 16.0. The second-order valence-electron chi connectivity index (χ2n) is 8.14. The smallest absolute Gasteiger partial charge is 0.410 e. The Morgan fingerprint density at radius 2 is 2.00 bits per heavy atom. The molecule has 0 aliphatic carbocycles. The van der Waals surface area contributed by atoms with E-state index in [-0.39, 0.29) is 12.1 Å². The summed E-state index contributed by atoms with van der Waals surface area (Å²) >= 11 is 0. The Morgan fingerprint density at radius 1 is 1.28 bits per heavy atom. The summed E-state index contributed by atoms with van der Waals surface area (Å²) < 4.78 is 5.50. The molecule has 2 aliphatic rings. The summed E-state index contributed by atoms with van der Waals surface area (Å²) in [6.45, 7) is 8.76. The Labute approximate surface area is 151 Å². The van der Waals surface area contributed by atoms with Gasteiger partial charge in [0.25, 0.3) is 0 Å². The highest BCUT2D eigenvalue weighted by atomic mass is 16.6. The van der Waals surface area contributed by atoms with Crippen LogP contribution in [0.3, 0.4) is 0 Å². The van der Waals surface area contributed by atoms with Gasteiger partial charge in [-0.3, -0.25) is 0 Å². The van der Waals surface area contributed by atoms with E-state index in [1.807, 2.05) is 27.8 Å². The van der Waals surface area contributed by atoms with Crippen LogP contribution in [0.1, 0.15) is 45.6 Å². The highest BCUT2D eigenvalue weighted by molar-refractivity contribution is 5.69. The lowest BCUT2D eigenvalue weighted by molar-refractivity contribution is 0.0201. The van der Waals surface area contributed by atoms with Crippen molar-refractivity contribution in [2.24, 2.45) is 0 Å². The summed E-state index contributed by atoms with van der Waals surface area (Å²) in [6, 6.07) is 6.82. The van der Waals surface area contributed by atoms with Gasteiger partial charge in [-0.25, -0.2) is 4.79 Å². The first-order valence-electron chi connectivity index (χ1n) is 9.42. The van der Waals surface area contributed by atoms with Crippen molar-refractivity contribution in [2.75, 3.05) is 36.9 Å². The van der Waals surface area contributed by atoms with Crippen molar-refractivity contribution in [3.8, 4) is 0 Å². The maximum Gasteiger partial charge on any atom is 0.410 e. The lowest BCUT2D eigenvalue weighted by atomic mass is 9.98. The highest BCUT2D eigenvalue weighted by Gasteiger charge is 2.29. The third-order valence-electron chi connectivity index (χ3n) is 5.10. The molecule has 0 bridgehead atoms. The largest absolute Gasteiger partial charge is 0.444 e. The van der Waals surface area contributed by atoms with Crippen LogP contribution in [0.15, 0.2) is 18.2 Å². The number of amides is 1. The SMILES string of the molecule is CN(C(=O)OC(C)(C)C)C1CCN(c2cccc3c2CCCN3)CC1. The Hall–Kier alpha value is -1.91. The second kappa shape index (κ2) is 7.14. The molecule has 3 rings (SSSR count). The standard InChI is InChI=1S/C20H31N3O2/c1-20(2,3)25-19(24)22(4)15-10-13-23(14-11-15)18-9-5-8-17-16(18)7-6-12-21-17/h5,8-9,15,21H,6-7,10-14H2,1-4H3. The number of ether oxygens (including phenoxy) is 1. The van der Waals surface area contributed by atoms with Gasteiger partial charge in [0.2, 0.25) is 0 Å². The highest BCUT2D eigenvalue weighted by Crippen LogP contribution is 2.33. The number of nitrogens with one attached hydrogen (secondary N) is 1. The van der Waals surface area contributed by atoms with Crippen LogP contribution < -0.4 is 10.2 Å². The van der Waals surface area contributed by atoms with Crippen molar-refractivity contribution in [3.05, 3.63) is 23.8 Å². The number of hydrogen-bond acceptors (Lipinski definition) is 4. The monoisotopic (exact) mass is 345 g/mol. The number of rotatable bonds is 2. The molecule has 25 heavy (non-hydrogen) atoms. The molecule has 0 atom stereocenters. The summed E-state index contributed by atoms with van der Waals surface area (Å²) in [5.41, 5.74) is 3.66. The third kappa shape index (κ3) is 4.20. The van der Waals surface area contributed by atoms with E-state index >= 15 is 0 Å². The first-order valence-corrected chi connectivity index (χ1v) is 9.42. The molecule has 5 heteroatoms. The van der Waals surface area contributed by atoms with E-state index in [9.17, 15) is 4.79 Å². The molecule has 1 aromatic carbocycles. The topological polar surface area (TPSA) is 44.8 Å². The Morgan fingerprint density at radius 3 is 2.68 bits per heavy atom. The van der Waals surface area contributed by atoms with E-state index in [1.54, 1.807) is 4.90 Å². The van der Waals surface area contributed by atoms with E-state index in [1.165, 1.54) is 23.4 Å². The summed E-state index contributed by atoms with van der Waals surface area (Å²) in [6.07, 6.45) is 4.09. The number of nitrogens with zero attached hydrogens (tertiary/aromatic N) is 2. The number of piperidine rings is 1. The number of fused-ring (bicyclic) bond motifs is 1. The van der Waals surface area contributed by atoms with E-state index in [4.69, 9.17) is 4.74 Å². The van der Waals surface area contributed by atoms with Crippen LogP contribution in [0.5, 0.6) is 0 Å². The predicted octanol–water partition coefficient (Wildman–Crippen LogP) is 3.88. The normalized spacial score (nSPS) is 18.3. The minimum atomic E-state index is -0.442. The molecule has 0 saturated carbocycles. The van der Waals surface area contributed by atoms with Gasteiger partial charge < -0.3 is 19.9 Å². The minimum Gasteiger partial charge on any atom is -0.444 e. The molecule has 0 spiro atoms. The van der Waals surface area contributed by atoms with Gasteiger partial charge in [0.05, 0.1) is 0 Å². The molecule has 0 radical (unpaired) electrons. The van der Waals surface area contributed by atoms with Gasteiger partial charge >= 0.3 is 6.09 Å². The third-order valence-corrected chi connectivity index (χ3v) is 5.10. The average molecular weight is 345 g/mol. The van der Waals surface area contributed by atoms with Crippen molar-refractivity contribution in [2.45, 2.75) is 58.1 Å². The molecule has 1 amide bonds. The molecular formula is C20H31N3O2. The molecular weight excluding hydrogens is 314 g/mol. The van der Waals surface area contributed by atoms with Crippen LogP contribution in [-0.4, -0.2) is 49.3 Å². The molecule has 2 aliphatic heterocycles. The Bertz CT molecular complexity index is 616. The fraction of sp³-hybridized carbons (Fsp3) is 0.650. The number of carbonyl (C=O) groups excluding carboxylic acids is 1. The Kier molecular flexibility index (Phi) is 5.11. The van der Waals surface area contributed by atoms with Gasteiger partial charge in [0.15, 0.2) is 0 Å². The molecule has 1 saturated heterocycles. The first kappa shape index (κ1) is 17.9. The predicted molar refractivity (Wildman–Crippen MR) is 102 cm³/mol. The quantitative estimate of drug-likeness (QED) is 0.883. The van der Waals surface area contributed by atoms with Crippen LogP contribution in [-0.2, 0) is 11.2 Å².